The van der Waals surface area contributed by atoms with Crippen LogP contribution in [0.4, 0.5) is 5.69 Å². The van der Waals surface area contributed by atoms with Gasteiger partial charge in [0.15, 0.2) is 6.10 Å². The van der Waals surface area contributed by atoms with Crippen molar-refractivity contribution < 1.29 is 14.3 Å². The number of anilines is 1. The van der Waals surface area contributed by atoms with Gasteiger partial charge in [0.25, 0.3) is 5.91 Å². The number of aryl methyl sites for hydroxylation is 1. The third kappa shape index (κ3) is 3.73. The van der Waals surface area contributed by atoms with Gasteiger partial charge < -0.3 is 15.4 Å². The van der Waals surface area contributed by atoms with E-state index in [-0.39, 0.29) is 5.91 Å². The van der Waals surface area contributed by atoms with Crippen molar-refractivity contribution in [3.63, 3.8) is 0 Å². The summed E-state index contributed by atoms with van der Waals surface area (Å²) in [4.78, 5) is 25.6. The molecule has 1 unspecified atom stereocenters. The van der Waals surface area contributed by atoms with Crippen LogP contribution in [0.15, 0.2) is 18.2 Å². The van der Waals surface area contributed by atoms with Crippen LogP contribution in [0.1, 0.15) is 36.7 Å². The summed E-state index contributed by atoms with van der Waals surface area (Å²) in [5.41, 5.74) is 7.54. The molecule has 0 radical (unpaired) electrons. The maximum absolute atomic E-state index is 12.0. The fraction of sp³-hybridized carbons (Fsp3) is 0.467. The van der Waals surface area contributed by atoms with E-state index in [0.717, 1.165) is 5.56 Å². The molecular formula is C15H22N2O3. The largest absolute Gasteiger partial charge is 0.449 e. The summed E-state index contributed by atoms with van der Waals surface area (Å²) in [6.45, 7) is 8.39. The van der Waals surface area contributed by atoms with E-state index in [1.165, 1.54) is 0 Å². The number of hydrogen-bond donors (Lipinski definition) is 1. The summed E-state index contributed by atoms with van der Waals surface area (Å²) in [5.74, 6) is -0.729. The quantitative estimate of drug-likeness (QED) is 0.660. The Hall–Kier alpha value is -2.04. The Labute approximate surface area is 119 Å². The molecule has 1 aromatic carbocycles. The molecule has 110 valence electrons. The lowest BCUT2D eigenvalue weighted by molar-refractivity contribution is -0.139. The molecule has 0 aliphatic rings. The Morgan fingerprint density at radius 1 is 1.30 bits per heavy atom. The van der Waals surface area contributed by atoms with Crippen molar-refractivity contribution in [3.8, 4) is 0 Å². The Morgan fingerprint density at radius 2 is 1.90 bits per heavy atom. The van der Waals surface area contributed by atoms with Gasteiger partial charge in [0.2, 0.25) is 0 Å². The minimum atomic E-state index is -0.801. The standard InChI is InChI=1S/C15H22N2O3/c1-5-17(6-2)14(18)11(4)20-15(19)12-8-7-10(3)13(16)9-12/h7-9,11H,5-6,16H2,1-4H3. The van der Waals surface area contributed by atoms with Crippen molar-refractivity contribution >= 4 is 17.6 Å². The lowest BCUT2D eigenvalue weighted by Crippen LogP contribution is -2.39. The number of amides is 1. The predicted octanol–water partition coefficient (Wildman–Crippen LogP) is 1.99. The van der Waals surface area contributed by atoms with E-state index in [1.54, 1.807) is 30.0 Å². The number of hydrogen-bond acceptors (Lipinski definition) is 4. The number of nitrogens with zero attached hydrogens (tertiary/aromatic N) is 1. The molecule has 0 spiro atoms. The van der Waals surface area contributed by atoms with Crippen LogP contribution in [-0.2, 0) is 9.53 Å². The van der Waals surface area contributed by atoms with Crippen LogP contribution in [0, 0.1) is 6.92 Å². The molecule has 2 N–H and O–H groups in total. The Bertz CT molecular complexity index is 496. The van der Waals surface area contributed by atoms with Crippen molar-refractivity contribution in [3.05, 3.63) is 29.3 Å². The molecule has 5 nitrogen and oxygen atoms in total. The van der Waals surface area contributed by atoms with Gasteiger partial charge in [0.05, 0.1) is 5.56 Å². The van der Waals surface area contributed by atoms with Crippen LogP contribution in [0.25, 0.3) is 0 Å². The highest BCUT2D eigenvalue weighted by atomic mass is 16.5. The van der Waals surface area contributed by atoms with E-state index in [1.807, 2.05) is 20.8 Å². The highest BCUT2D eigenvalue weighted by Gasteiger charge is 2.22. The number of carbonyl (C=O) groups is 2. The first kappa shape index (κ1) is 16.0. The molecule has 0 aliphatic heterocycles. The Balaban J connectivity index is 2.74. The summed E-state index contributed by atoms with van der Waals surface area (Å²) in [6, 6.07) is 4.96. The third-order valence-corrected chi connectivity index (χ3v) is 3.22. The van der Waals surface area contributed by atoms with Gasteiger partial charge in [-0.25, -0.2) is 4.79 Å². The summed E-state index contributed by atoms with van der Waals surface area (Å²) in [6.07, 6.45) is -0.801. The van der Waals surface area contributed by atoms with Gasteiger partial charge in [-0.1, -0.05) is 6.07 Å². The van der Waals surface area contributed by atoms with Crippen molar-refractivity contribution in [1.82, 2.24) is 4.90 Å². The number of nitrogen functional groups attached to an aromatic ring is 1. The van der Waals surface area contributed by atoms with Gasteiger partial charge in [-0.3, -0.25) is 4.79 Å². The van der Waals surface area contributed by atoms with E-state index in [2.05, 4.69) is 0 Å². The lowest BCUT2D eigenvalue weighted by atomic mass is 10.1. The molecule has 5 heteroatoms. The monoisotopic (exact) mass is 278 g/mol. The number of rotatable bonds is 5. The summed E-state index contributed by atoms with van der Waals surface area (Å²) in [5, 5.41) is 0. The van der Waals surface area contributed by atoms with Gasteiger partial charge in [0.1, 0.15) is 0 Å². The number of esters is 1. The first-order valence-corrected chi connectivity index (χ1v) is 6.76. The van der Waals surface area contributed by atoms with Crippen molar-refractivity contribution in [2.75, 3.05) is 18.8 Å². The van der Waals surface area contributed by atoms with E-state index < -0.39 is 12.1 Å². The number of carbonyl (C=O) groups excluding carboxylic acids is 2. The van der Waals surface area contributed by atoms with Gasteiger partial charge in [-0.15, -0.1) is 0 Å². The molecule has 1 aromatic rings. The number of nitrogens with two attached hydrogens (primary N) is 1. The lowest BCUT2D eigenvalue weighted by Gasteiger charge is -2.22. The zero-order valence-electron chi connectivity index (χ0n) is 12.5. The average Bonchev–Trinajstić information content (AvgIpc) is 2.42. The third-order valence-electron chi connectivity index (χ3n) is 3.22. The van der Waals surface area contributed by atoms with E-state index >= 15 is 0 Å². The molecule has 20 heavy (non-hydrogen) atoms. The number of ether oxygens (including phenoxy) is 1. The zero-order chi connectivity index (χ0) is 15.3. The maximum Gasteiger partial charge on any atom is 0.338 e. The van der Waals surface area contributed by atoms with Crippen LogP contribution in [0.5, 0.6) is 0 Å². The molecule has 0 aromatic heterocycles. The van der Waals surface area contributed by atoms with Crippen LogP contribution in [0.2, 0.25) is 0 Å². The predicted molar refractivity (Wildman–Crippen MR) is 78.4 cm³/mol. The van der Waals surface area contributed by atoms with E-state index in [9.17, 15) is 9.59 Å². The average molecular weight is 278 g/mol. The second-order valence-corrected chi connectivity index (χ2v) is 4.63. The SMILES string of the molecule is CCN(CC)C(=O)C(C)OC(=O)c1ccc(C)c(N)c1. The molecule has 1 atom stereocenters. The van der Waals surface area contributed by atoms with Crippen molar-refractivity contribution in [1.29, 1.82) is 0 Å². The number of likely N-dealkylation sites (N-methyl/N-ethyl adjacent to an activating group) is 1. The van der Waals surface area contributed by atoms with Crippen LogP contribution in [0.3, 0.4) is 0 Å². The molecule has 0 aliphatic carbocycles. The van der Waals surface area contributed by atoms with Gasteiger partial charge in [0, 0.05) is 18.8 Å². The highest BCUT2D eigenvalue weighted by Crippen LogP contribution is 2.14. The van der Waals surface area contributed by atoms with Gasteiger partial charge in [-0.2, -0.15) is 0 Å². The summed E-state index contributed by atoms with van der Waals surface area (Å²) < 4.78 is 5.19. The minimum absolute atomic E-state index is 0.191. The molecule has 0 saturated heterocycles. The molecule has 1 rings (SSSR count). The molecule has 0 bridgehead atoms. The van der Waals surface area contributed by atoms with E-state index in [4.69, 9.17) is 10.5 Å². The zero-order valence-corrected chi connectivity index (χ0v) is 12.5. The summed E-state index contributed by atoms with van der Waals surface area (Å²) in [7, 11) is 0. The second-order valence-electron chi connectivity index (χ2n) is 4.63. The molecule has 0 heterocycles. The maximum atomic E-state index is 12.0. The molecule has 1 amide bonds. The highest BCUT2D eigenvalue weighted by molar-refractivity contribution is 5.93. The topological polar surface area (TPSA) is 72.6 Å². The van der Waals surface area contributed by atoms with Gasteiger partial charge in [-0.05, 0) is 45.4 Å². The van der Waals surface area contributed by atoms with Crippen LogP contribution >= 0.6 is 0 Å². The van der Waals surface area contributed by atoms with Crippen molar-refractivity contribution in [2.45, 2.75) is 33.8 Å². The minimum Gasteiger partial charge on any atom is -0.449 e. The Morgan fingerprint density at radius 3 is 2.40 bits per heavy atom. The first-order valence-electron chi connectivity index (χ1n) is 6.76. The van der Waals surface area contributed by atoms with Crippen LogP contribution < -0.4 is 5.73 Å². The number of benzene rings is 1. The normalized spacial score (nSPS) is 11.8. The fourth-order valence-corrected chi connectivity index (χ4v) is 1.84. The molecule has 0 fully saturated rings. The van der Waals surface area contributed by atoms with Crippen molar-refractivity contribution in [2.24, 2.45) is 0 Å². The fourth-order valence-electron chi connectivity index (χ4n) is 1.84. The van der Waals surface area contributed by atoms with E-state index in [0.29, 0.717) is 24.3 Å². The summed E-state index contributed by atoms with van der Waals surface area (Å²) >= 11 is 0. The second kappa shape index (κ2) is 6.93. The first-order chi connectivity index (χ1) is 9.40. The molecular weight excluding hydrogens is 256 g/mol. The Kier molecular flexibility index (Phi) is 5.55. The smallest absolute Gasteiger partial charge is 0.338 e. The molecule has 0 saturated carbocycles. The van der Waals surface area contributed by atoms with Crippen LogP contribution in [-0.4, -0.2) is 36.0 Å². The van der Waals surface area contributed by atoms with Gasteiger partial charge >= 0.3 is 5.97 Å².